The van der Waals surface area contributed by atoms with Crippen LogP contribution in [0.4, 0.5) is 0 Å². The third-order valence-electron chi connectivity index (χ3n) is 5.63. The lowest BCUT2D eigenvalue weighted by molar-refractivity contribution is -0.148. The van der Waals surface area contributed by atoms with E-state index in [-0.39, 0.29) is 24.5 Å². The van der Waals surface area contributed by atoms with Gasteiger partial charge in [-0.1, -0.05) is 24.3 Å². The number of rotatable bonds is 6. The average Bonchev–Trinajstić information content (AvgIpc) is 3.41. The van der Waals surface area contributed by atoms with Crippen LogP contribution in [-0.2, 0) is 26.2 Å². The Morgan fingerprint density at radius 2 is 1.91 bits per heavy atom. The van der Waals surface area contributed by atoms with Crippen molar-refractivity contribution in [3.8, 4) is 5.69 Å². The molecule has 0 amide bonds. The van der Waals surface area contributed by atoms with Gasteiger partial charge in [-0.2, -0.15) is 9.40 Å². The summed E-state index contributed by atoms with van der Waals surface area (Å²) in [6.07, 6.45) is 2.39. The highest BCUT2D eigenvalue weighted by Crippen LogP contribution is 2.28. The van der Waals surface area contributed by atoms with Gasteiger partial charge in [0.1, 0.15) is 12.6 Å². The molecule has 2 atom stereocenters. The van der Waals surface area contributed by atoms with Crippen molar-refractivity contribution in [2.45, 2.75) is 43.9 Å². The standard InChI is InChI=1S/C23H25N3O5S/c1-16-8-9-21(10-17(16)2)32(29,30)26-14-20(27)11-22(26)23(28)31-15-18-12-24-25(13-18)19-6-4-3-5-7-19/h3-10,12-13,20,22,27H,11,14-15H2,1-2H3/t20?,22-/m0/s1. The number of β-amino-alcohol motifs (C(OH)–C–C–N with tert-alkyl or cyclic N) is 1. The lowest BCUT2D eigenvalue weighted by Gasteiger charge is -2.22. The Morgan fingerprint density at radius 3 is 2.62 bits per heavy atom. The van der Waals surface area contributed by atoms with E-state index in [1.807, 2.05) is 44.2 Å². The summed E-state index contributed by atoms with van der Waals surface area (Å²) in [5.74, 6) is -0.693. The van der Waals surface area contributed by atoms with Gasteiger partial charge in [0.15, 0.2) is 0 Å². The molecule has 4 rings (SSSR count). The van der Waals surface area contributed by atoms with Gasteiger partial charge in [-0.05, 0) is 49.2 Å². The molecule has 9 heteroatoms. The molecule has 1 aliphatic heterocycles. The van der Waals surface area contributed by atoms with E-state index >= 15 is 0 Å². The summed E-state index contributed by atoms with van der Waals surface area (Å²) < 4.78 is 34.5. The Balaban J connectivity index is 1.48. The van der Waals surface area contributed by atoms with Crippen molar-refractivity contribution in [3.63, 3.8) is 0 Å². The van der Waals surface area contributed by atoms with Gasteiger partial charge in [-0.15, -0.1) is 0 Å². The Labute approximate surface area is 187 Å². The smallest absolute Gasteiger partial charge is 0.324 e. The van der Waals surface area contributed by atoms with Gasteiger partial charge < -0.3 is 9.84 Å². The molecule has 1 saturated heterocycles. The molecule has 3 aromatic rings. The molecule has 2 heterocycles. The fourth-order valence-electron chi connectivity index (χ4n) is 3.68. The number of carbonyl (C=O) groups is 1. The van der Waals surface area contributed by atoms with E-state index in [0.717, 1.165) is 21.1 Å². The maximum atomic E-state index is 13.2. The van der Waals surface area contributed by atoms with Gasteiger partial charge in [0.05, 0.1) is 22.9 Å². The van der Waals surface area contributed by atoms with Crippen LogP contribution in [0.2, 0.25) is 0 Å². The van der Waals surface area contributed by atoms with Gasteiger partial charge in [0.25, 0.3) is 0 Å². The van der Waals surface area contributed by atoms with Crippen molar-refractivity contribution in [2.75, 3.05) is 6.54 Å². The summed E-state index contributed by atoms with van der Waals surface area (Å²) in [6.45, 7) is 3.52. The second-order valence-corrected chi connectivity index (χ2v) is 9.85. The van der Waals surface area contributed by atoms with Crippen LogP contribution >= 0.6 is 0 Å². The number of para-hydroxylation sites is 1. The van der Waals surface area contributed by atoms with Crippen LogP contribution < -0.4 is 0 Å². The lowest BCUT2D eigenvalue weighted by atomic mass is 10.1. The molecule has 1 fully saturated rings. The minimum Gasteiger partial charge on any atom is -0.459 e. The molecule has 0 aliphatic carbocycles. The molecule has 8 nitrogen and oxygen atoms in total. The fraction of sp³-hybridized carbons (Fsp3) is 0.304. The quantitative estimate of drug-likeness (QED) is 0.573. The lowest BCUT2D eigenvalue weighted by Crippen LogP contribution is -2.41. The van der Waals surface area contributed by atoms with E-state index in [9.17, 15) is 18.3 Å². The van der Waals surface area contributed by atoms with Crippen LogP contribution in [0.5, 0.6) is 0 Å². The second-order valence-electron chi connectivity index (χ2n) is 7.96. The van der Waals surface area contributed by atoms with Crippen LogP contribution in [0.3, 0.4) is 0 Å². The van der Waals surface area contributed by atoms with Crippen LogP contribution in [0.1, 0.15) is 23.1 Å². The molecule has 0 saturated carbocycles. The predicted molar refractivity (Wildman–Crippen MR) is 118 cm³/mol. The Morgan fingerprint density at radius 1 is 1.16 bits per heavy atom. The summed E-state index contributed by atoms with van der Waals surface area (Å²) in [5.41, 5.74) is 3.34. The van der Waals surface area contributed by atoms with Gasteiger partial charge in [-0.3, -0.25) is 4.79 Å². The minimum absolute atomic E-state index is 0.00775. The number of aliphatic hydroxyl groups is 1. The van der Waals surface area contributed by atoms with Crippen LogP contribution in [-0.4, -0.2) is 52.3 Å². The number of sulfonamides is 1. The number of benzene rings is 2. The fourth-order valence-corrected chi connectivity index (χ4v) is 5.39. The summed E-state index contributed by atoms with van der Waals surface area (Å²) in [4.78, 5) is 12.9. The molecular weight excluding hydrogens is 430 g/mol. The number of aromatic nitrogens is 2. The number of hydrogen-bond acceptors (Lipinski definition) is 6. The van der Waals surface area contributed by atoms with Gasteiger partial charge >= 0.3 is 5.97 Å². The highest BCUT2D eigenvalue weighted by Gasteiger charge is 2.44. The van der Waals surface area contributed by atoms with Gasteiger partial charge in [0, 0.05) is 24.7 Å². The van der Waals surface area contributed by atoms with Crippen molar-refractivity contribution in [1.82, 2.24) is 14.1 Å². The Kier molecular flexibility index (Phi) is 6.14. The van der Waals surface area contributed by atoms with Crippen LogP contribution in [0.25, 0.3) is 5.69 Å². The van der Waals surface area contributed by atoms with Crippen molar-refractivity contribution in [3.05, 3.63) is 77.6 Å². The van der Waals surface area contributed by atoms with Crippen molar-refractivity contribution >= 4 is 16.0 Å². The number of esters is 1. The molecular formula is C23H25N3O5S. The first-order valence-corrected chi connectivity index (χ1v) is 11.7. The van der Waals surface area contributed by atoms with Crippen molar-refractivity contribution in [2.24, 2.45) is 0 Å². The summed E-state index contributed by atoms with van der Waals surface area (Å²) >= 11 is 0. The van der Waals surface area contributed by atoms with E-state index < -0.39 is 28.1 Å². The summed E-state index contributed by atoms with van der Waals surface area (Å²) in [5, 5.41) is 14.4. The Hall–Kier alpha value is -3.01. The maximum absolute atomic E-state index is 13.2. The normalized spacial score (nSPS) is 19.2. The SMILES string of the molecule is Cc1ccc(S(=O)(=O)N2CC(O)C[C@H]2C(=O)OCc2cnn(-c3ccccc3)c2)cc1C. The largest absolute Gasteiger partial charge is 0.459 e. The number of aliphatic hydroxyl groups excluding tert-OH is 1. The molecule has 32 heavy (non-hydrogen) atoms. The zero-order valence-corrected chi connectivity index (χ0v) is 18.7. The minimum atomic E-state index is -3.96. The molecule has 0 spiro atoms. The van der Waals surface area contributed by atoms with E-state index in [2.05, 4.69) is 5.10 Å². The molecule has 0 bridgehead atoms. The molecule has 0 radical (unpaired) electrons. The number of hydrogen-bond donors (Lipinski definition) is 1. The number of aryl methyl sites for hydroxylation is 2. The summed E-state index contributed by atoms with van der Waals surface area (Å²) in [7, 11) is -3.96. The first kappa shape index (κ1) is 22.2. The second kappa shape index (κ2) is 8.85. The van der Waals surface area contributed by atoms with Gasteiger partial charge in [0.2, 0.25) is 10.0 Å². The number of carbonyl (C=O) groups excluding carboxylic acids is 1. The van der Waals surface area contributed by atoms with Crippen molar-refractivity contribution in [1.29, 1.82) is 0 Å². The highest BCUT2D eigenvalue weighted by atomic mass is 32.2. The first-order valence-electron chi connectivity index (χ1n) is 10.3. The van der Waals surface area contributed by atoms with Crippen LogP contribution in [0, 0.1) is 13.8 Å². The summed E-state index contributed by atoms with van der Waals surface area (Å²) in [6, 6.07) is 13.2. The van der Waals surface area contributed by atoms with Crippen LogP contribution in [0.15, 0.2) is 65.8 Å². The predicted octanol–water partition coefficient (Wildman–Crippen LogP) is 2.36. The molecule has 168 valence electrons. The Bertz CT molecular complexity index is 1220. The third kappa shape index (κ3) is 4.45. The van der Waals surface area contributed by atoms with E-state index in [1.165, 1.54) is 6.07 Å². The average molecular weight is 456 g/mol. The monoisotopic (exact) mass is 455 g/mol. The van der Waals surface area contributed by atoms with E-state index in [1.54, 1.807) is 29.2 Å². The van der Waals surface area contributed by atoms with Crippen molar-refractivity contribution < 1.29 is 23.1 Å². The van der Waals surface area contributed by atoms with E-state index in [0.29, 0.717) is 5.56 Å². The third-order valence-corrected chi connectivity index (χ3v) is 7.50. The zero-order chi connectivity index (χ0) is 22.9. The zero-order valence-electron chi connectivity index (χ0n) is 17.9. The first-order chi connectivity index (χ1) is 15.3. The molecule has 1 N–H and O–H groups in total. The number of nitrogens with zero attached hydrogens (tertiary/aromatic N) is 3. The molecule has 1 aromatic heterocycles. The topological polar surface area (TPSA) is 102 Å². The number of ether oxygens (including phenoxy) is 1. The highest BCUT2D eigenvalue weighted by molar-refractivity contribution is 7.89. The van der Waals surface area contributed by atoms with Gasteiger partial charge in [-0.25, -0.2) is 13.1 Å². The molecule has 2 aromatic carbocycles. The molecule has 1 aliphatic rings. The maximum Gasteiger partial charge on any atom is 0.324 e. The van der Waals surface area contributed by atoms with E-state index in [4.69, 9.17) is 4.74 Å². The molecule has 1 unspecified atom stereocenters.